The molecule has 0 spiro atoms. The fourth-order valence-electron chi connectivity index (χ4n) is 1.35. The molecule has 0 aliphatic rings. The minimum absolute atomic E-state index is 0.106. The molecule has 15 heavy (non-hydrogen) atoms. The van der Waals surface area contributed by atoms with E-state index in [4.69, 9.17) is 14.2 Å². The molecule has 1 unspecified atom stereocenters. The molecule has 4 heteroatoms. The summed E-state index contributed by atoms with van der Waals surface area (Å²) < 4.78 is 16.2. The monoisotopic (exact) mass is 219 g/mol. The highest BCUT2D eigenvalue weighted by Gasteiger charge is 2.21. The van der Waals surface area contributed by atoms with Crippen molar-refractivity contribution in [3.05, 3.63) is 0 Å². The van der Waals surface area contributed by atoms with E-state index in [1.165, 1.54) is 0 Å². The molecule has 4 nitrogen and oxygen atoms in total. The zero-order chi connectivity index (χ0) is 11.5. The summed E-state index contributed by atoms with van der Waals surface area (Å²) in [5.41, 5.74) is 0. The average Bonchev–Trinajstić information content (AvgIpc) is 2.24. The number of methoxy groups -OCH3 is 1. The van der Waals surface area contributed by atoms with Crippen LogP contribution in [0.3, 0.4) is 0 Å². The van der Waals surface area contributed by atoms with Gasteiger partial charge in [-0.2, -0.15) is 0 Å². The van der Waals surface area contributed by atoms with E-state index in [0.717, 1.165) is 13.0 Å². The van der Waals surface area contributed by atoms with Crippen LogP contribution in [0.15, 0.2) is 0 Å². The molecule has 0 aromatic carbocycles. The van der Waals surface area contributed by atoms with E-state index in [-0.39, 0.29) is 12.3 Å². The second-order valence-corrected chi connectivity index (χ2v) is 3.30. The molecule has 0 fully saturated rings. The fourth-order valence-corrected chi connectivity index (χ4v) is 1.35. The second-order valence-electron chi connectivity index (χ2n) is 3.30. The maximum absolute atomic E-state index is 5.53. The van der Waals surface area contributed by atoms with Crippen molar-refractivity contribution in [1.82, 2.24) is 5.32 Å². The molecule has 0 amide bonds. The smallest absolute Gasteiger partial charge is 0.174 e. The second kappa shape index (κ2) is 10.4. The predicted molar refractivity (Wildman–Crippen MR) is 61.0 cm³/mol. The minimum Gasteiger partial charge on any atom is -0.383 e. The van der Waals surface area contributed by atoms with Crippen LogP contribution in [0, 0.1) is 0 Å². The Balaban J connectivity index is 4.09. The van der Waals surface area contributed by atoms with Crippen molar-refractivity contribution >= 4 is 0 Å². The SMILES string of the molecule is CCCNC(COC)C(OCC)OCC. The van der Waals surface area contributed by atoms with Gasteiger partial charge in [0, 0.05) is 20.3 Å². The van der Waals surface area contributed by atoms with Crippen LogP contribution in [0.2, 0.25) is 0 Å². The highest BCUT2D eigenvalue weighted by Crippen LogP contribution is 2.03. The predicted octanol–water partition coefficient (Wildman–Crippen LogP) is 1.40. The van der Waals surface area contributed by atoms with Crippen LogP contribution in [-0.2, 0) is 14.2 Å². The van der Waals surface area contributed by atoms with Gasteiger partial charge in [0.1, 0.15) is 0 Å². The van der Waals surface area contributed by atoms with Crippen LogP contribution >= 0.6 is 0 Å². The summed E-state index contributed by atoms with van der Waals surface area (Å²) in [6.07, 6.45) is 0.872. The molecule has 92 valence electrons. The first kappa shape index (κ1) is 14.8. The Morgan fingerprint density at radius 2 is 1.67 bits per heavy atom. The van der Waals surface area contributed by atoms with Crippen molar-refractivity contribution in [2.45, 2.75) is 39.5 Å². The lowest BCUT2D eigenvalue weighted by molar-refractivity contribution is -0.161. The van der Waals surface area contributed by atoms with Crippen LogP contribution < -0.4 is 5.32 Å². The van der Waals surface area contributed by atoms with E-state index in [9.17, 15) is 0 Å². The highest BCUT2D eigenvalue weighted by molar-refractivity contribution is 4.70. The van der Waals surface area contributed by atoms with Gasteiger partial charge in [0.25, 0.3) is 0 Å². The third-order valence-electron chi connectivity index (χ3n) is 1.99. The van der Waals surface area contributed by atoms with Gasteiger partial charge in [-0.25, -0.2) is 0 Å². The van der Waals surface area contributed by atoms with Gasteiger partial charge in [0.2, 0.25) is 0 Å². The maximum Gasteiger partial charge on any atom is 0.174 e. The average molecular weight is 219 g/mol. The van der Waals surface area contributed by atoms with Gasteiger partial charge < -0.3 is 19.5 Å². The Hall–Kier alpha value is -0.160. The van der Waals surface area contributed by atoms with Crippen molar-refractivity contribution in [3.63, 3.8) is 0 Å². The van der Waals surface area contributed by atoms with Crippen LogP contribution in [0.5, 0.6) is 0 Å². The Bertz CT molecular complexity index is 127. The quantitative estimate of drug-likeness (QED) is 0.564. The molecule has 0 heterocycles. The first-order chi connectivity index (χ1) is 7.29. The normalized spacial score (nSPS) is 13.4. The molecule has 0 aliphatic carbocycles. The van der Waals surface area contributed by atoms with Crippen LogP contribution in [0.1, 0.15) is 27.2 Å². The van der Waals surface area contributed by atoms with Crippen LogP contribution in [-0.4, -0.2) is 45.8 Å². The zero-order valence-electron chi connectivity index (χ0n) is 10.4. The fraction of sp³-hybridized carbons (Fsp3) is 1.00. The molecular weight excluding hydrogens is 194 g/mol. The Kier molecular flexibility index (Phi) is 10.3. The molecule has 0 saturated carbocycles. The van der Waals surface area contributed by atoms with Gasteiger partial charge in [-0.05, 0) is 26.8 Å². The van der Waals surface area contributed by atoms with E-state index in [1.807, 2.05) is 13.8 Å². The third-order valence-corrected chi connectivity index (χ3v) is 1.99. The first-order valence-corrected chi connectivity index (χ1v) is 5.75. The van der Waals surface area contributed by atoms with E-state index in [0.29, 0.717) is 19.8 Å². The summed E-state index contributed by atoms with van der Waals surface area (Å²) in [6.45, 7) is 8.92. The van der Waals surface area contributed by atoms with Crippen molar-refractivity contribution in [2.75, 3.05) is 33.5 Å². The Labute approximate surface area is 93.3 Å². The topological polar surface area (TPSA) is 39.7 Å². The summed E-state index contributed by atoms with van der Waals surface area (Å²) in [5, 5.41) is 3.37. The van der Waals surface area contributed by atoms with Crippen molar-refractivity contribution in [1.29, 1.82) is 0 Å². The Morgan fingerprint density at radius 3 is 2.07 bits per heavy atom. The number of ether oxygens (including phenoxy) is 3. The summed E-state index contributed by atoms with van der Waals surface area (Å²) in [5.74, 6) is 0. The van der Waals surface area contributed by atoms with Gasteiger partial charge in [-0.3, -0.25) is 0 Å². The molecule has 0 saturated heterocycles. The first-order valence-electron chi connectivity index (χ1n) is 5.75. The lowest BCUT2D eigenvalue weighted by atomic mass is 10.3. The molecule has 0 rings (SSSR count). The largest absolute Gasteiger partial charge is 0.383 e. The molecule has 0 radical (unpaired) electrons. The molecule has 1 N–H and O–H groups in total. The summed E-state index contributed by atoms with van der Waals surface area (Å²) in [7, 11) is 1.69. The molecule has 0 aromatic heterocycles. The Morgan fingerprint density at radius 1 is 1.07 bits per heavy atom. The molecule has 0 aliphatic heterocycles. The maximum atomic E-state index is 5.53. The zero-order valence-corrected chi connectivity index (χ0v) is 10.4. The van der Waals surface area contributed by atoms with Gasteiger partial charge >= 0.3 is 0 Å². The minimum atomic E-state index is -0.216. The van der Waals surface area contributed by atoms with E-state index < -0.39 is 0 Å². The number of nitrogens with one attached hydrogen (secondary N) is 1. The van der Waals surface area contributed by atoms with Crippen molar-refractivity contribution in [3.8, 4) is 0 Å². The highest BCUT2D eigenvalue weighted by atomic mass is 16.7. The van der Waals surface area contributed by atoms with Gasteiger partial charge in [0.05, 0.1) is 12.6 Å². The molecular formula is C11H25NO3. The summed E-state index contributed by atoms with van der Waals surface area (Å²) in [6, 6.07) is 0.106. The van der Waals surface area contributed by atoms with E-state index in [2.05, 4.69) is 12.2 Å². The van der Waals surface area contributed by atoms with Crippen molar-refractivity contribution in [2.24, 2.45) is 0 Å². The molecule has 0 aromatic rings. The van der Waals surface area contributed by atoms with E-state index >= 15 is 0 Å². The lowest BCUT2D eigenvalue weighted by Crippen LogP contribution is -2.46. The lowest BCUT2D eigenvalue weighted by Gasteiger charge is -2.27. The number of rotatable bonds is 10. The number of hydrogen-bond donors (Lipinski definition) is 1. The number of hydrogen-bond acceptors (Lipinski definition) is 4. The van der Waals surface area contributed by atoms with Gasteiger partial charge in [0.15, 0.2) is 6.29 Å². The van der Waals surface area contributed by atoms with Crippen molar-refractivity contribution < 1.29 is 14.2 Å². The van der Waals surface area contributed by atoms with E-state index in [1.54, 1.807) is 7.11 Å². The van der Waals surface area contributed by atoms with Crippen LogP contribution in [0.25, 0.3) is 0 Å². The summed E-state index contributed by atoms with van der Waals surface area (Å²) in [4.78, 5) is 0. The molecule has 1 atom stereocenters. The van der Waals surface area contributed by atoms with Crippen LogP contribution in [0.4, 0.5) is 0 Å². The van der Waals surface area contributed by atoms with Gasteiger partial charge in [-0.15, -0.1) is 0 Å². The molecule has 0 bridgehead atoms. The summed E-state index contributed by atoms with van der Waals surface area (Å²) >= 11 is 0. The third kappa shape index (κ3) is 6.84. The standard InChI is InChI=1S/C11H25NO3/c1-5-8-12-10(9-13-4)11(14-6-2)15-7-3/h10-12H,5-9H2,1-4H3. The van der Waals surface area contributed by atoms with Gasteiger partial charge in [-0.1, -0.05) is 6.92 Å².